The summed E-state index contributed by atoms with van der Waals surface area (Å²) in [7, 11) is 1.69. The van der Waals surface area contributed by atoms with E-state index in [-0.39, 0.29) is 18.1 Å². The molecule has 1 saturated heterocycles. The number of ether oxygens (including phenoxy) is 1. The van der Waals surface area contributed by atoms with Crippen LogP contribution in [0.5, 0.6) is 0 Å². The van der Waals surface area contributed by atoms with Gasteiger partial charge in [-0.25, -0.2) is 0 Å². The van der Waals surface area contributed by atoms with Gasteiger partial charge in [-0.15, -0.1) is 6.58 Å². The summed E-state index contributed by atoms with van der Waals surface area (Å²) >= 11 is 0. The van der Waals surface area contributed by atoms with Crippen LogP contribution in [-0.4, -0.2) is 49.7 Å². The Bertz CT molecular complexity index is 243. The van der Waals surface area contributed by atoms with Gasteiger partial charge in [0.1, 0.15) is 0 Å². The molecule has 0 aromatic rings. The monoisotopic (exact) mass is 226 g/mol. The molecule has 92 valence electrons. The van der Waals surface area contributed by atoms with Crippen LogP contribution in [0.3, 0.4) is 0 Å². The van der Waals surface area contributed by atoms with Crippen molar-refractivity contribution in [3.05, 3.63) is 12.7 Å². The number of carbonyl (C=O) groups is 1. The molecule has 4 nitrogen and oxygen atoms in total. The number of hydrogen-bond donors (Lipinski definition) is 1. The first kappa shape index (κ1) is 13.2. The molecule has 4 heteroatoms. The van der Waals surface area contributed by atoms with Gasteiger partial charge in [-0.05, 0) is 12.8 Å². The van der Waals surface area contributed by atoms with Crippen LogP contribution in [0.1, 0.15) is 19.8 Å². The SMILES string of the molecule is C=CCN(CCC)C(=O)C1CC(OC)CN1. The van der Waals surface area contributed by atoms with E-state index in [1.165, 1.54) is 0 Å². The number of hydrogen-bond acceptors (Lipinski definition) is 3. The molecule has 0 aromatic carbocycles. The Labute approximate surface area is 97.6 Å². The van der Waals surface area contributed by atoms with E-state index < -0.39 is 0 Å². The standard InChI is InChI=1S/C12H22N2O2/c1-4-6-14(7-5-2)12(15)11-8-10(16-3)9-13-11/h4,10-11,13H,1,5-9H2,2-3H3. The lowest BCUT2D eigenvalue weighted by Crippen LogP contribution is -2.44. The van der Waals surface area contributed by atoms with E-state index in [2.05, 4.69) is 18.8 Å². The van der Waals surface area contributed by atoms with Crippen molar-refractivity contribution >= 4 is 5.91 Å². The second kappa shape index (κ2) is 6.66. The van der Waals surface area contributed by atoms with Gasteiger partial charge in [-0.3, -0.25) is 4.79 Å². The fraction of sp³-hybridized carbons (Fsp3) is 0.750. The number of amides is 1. The minimum absolute atomic E-state index is 0.0866. The van der Waals surface area contributed by atoms with Crippen molar-refractivity contribution in [1.29, 1.82) is 0 Å². The van der Waals surface area contributed by atoms with Crippen molar-refractivity contribution < 1.29 is 9.53 Å². The molecule has 0 spiro atoms. The third-order valence-corrected chi connectivity index (χ3v) is 2.88. The minimum atomic E-state index is -0.0866. The van der Waals surface area contributed by atoms with Crippen molar-refractivity contribution in [3.63, 3.8) is 0 Å². The highest BCUT2D eigenvalue weighted by Crippen LogP contribution is 2.12. The van der Waals surface area contributed by atoms with E-state index in [1.54, 1.807) is 13.2 Å². The highest BCUT2D eigenvalue weighted by Gasteiger charge is 2.31. The quantitative estimate of drug-likeness (QED) is 0.681. The molecule has 1 heterocycles. The molecule has 16 heavy (non-hydrogen) atoms. The molecule has 1 rings (SSSR count). The highest BCUT2D eigenvalue weighted by atomic mass is 16.5. The largest absolute Gasteiger partial charge is 0.380 e. The first-order valence-corrected chi connectivity index (χ1v) is 5.88. The maximum atomic E-state index is 12.1. The molecule has 1 N–H and O–H groups in total. The van der Waals surface area contributed by atoms with Crippen molar-refractivity contribution in [2.24, 2.45) is 0 Å². The van der Waals surface area contributed by atoms with E-state index in [1.807, 2.05) is 4.90 Å². The first-order valence-electron chi connectivity index (χ1n) is 5.88. The lowest BCUT2D eigenvalue weighted by atomic mass is 10.1. The maximum Gasteiger partial charge on any atom is 0.240 e. The van der Waals surface area contributed by atoms with Gasteiger partial charge in [0.15, 0.2) is 0 Å². The number of nitrogens with zero attached hydrogens (tertiary/aromatic N) is 1. The van der Waals surface area contributed by atoms with Crippen LogP contribution in [-0.2, 0) is 9.53 Å². The number of nitrogens with one attached hydrogen (secondary N) is 1. The molecule has 1 fully saturated rings. The van der Waals surface area contributed by atoms with Gasteiger partial charge >= 0.3 is 0 Å². The molecule has 0 aliphatic carbocycles. The third-order valence-electron chi connectivity index (χ3n) is 2.88. The molecule has 0 aromatic heterocycles. The van der Waals surface area contributed by atoms with E-state index in [0.717, 1.165) is 25.9 Å². The Hall–Kier alpha value is -0.870. The molecule has 0 saturated carbocycles. The summed E-state index contributed by atoms with van der Waals surface area (Å²) in [5.74, 6) is 0.168. The predicted octanol–water partition coefficient (Wildman–Crippen LogP) is 0.788. The summed E-state index contributed by atoms with van der Waals surface area (Å²) in [4.78, 5) is 14.0. The summed E-state index contributed by atoms with van der Waals surface area (Å²) in [6.45, 7) is 7.94. The van der Waals surface area contributed by atoms with Gasteiger partial charge in [-0.2, -0.15) is 0 Å². The van der Waals surface area contributed by atoms with Gasteiger partial charge in [0.25, 0.3) is 0 Å². The first-order chi connectivity index (χ1) is 7.72. The van der Waals surface area contributed by atoms with E-state index >= 15 is 0 Å². The summed E-state index contributed by atoms with van der Waals surface area (Å²) in [5.41, 5.74) is 0. The Morgan fingerprint density at radius 3 is 2.94 bits per heavy atom. The topological polar surface area (TPSA) is 41.6 Å². The van der Waals surface area contributed by atoms with Crippen LogP contribution >= 0.6 is 0 Å². The average Bonchev–Trinajstić information content (AvgIpc) is 2.76. The molecule has 1 amide bonds. The molecule has 1 aliphatic heterocycles. The fourth-order valence-electron chi connectivity index (χ4n) is 2.01. The fourth-order valence-corrected chi connectivity index (χ4v) is 2.01. The van der Waals surface area contributed by atoms with Crippen molar-refractivity contribution in [1.82, 2.24) is 10.2 Å². The van der Waals surface area contributed by atoms with Crippen LogP contribution in [0.4, 0.5) is 0 Å². The van der Waals surface area contributed by atoms with Crippen LogP contribution in [0.2, 0.25) is 0 Å². The smallest absolute Gasteiger partial charge is 0.240 e. The molecular weight excluding hydrogens is 204 g/mol. The van der Waals surface area contributed by atoms with Gasteiger partial charge in [0.2, 0.25) is 5.91 Å². The Balaban J connectivity index is 2.50. The zero-order chi connectivity index (χ0) is 12.0. The van der Waals surface area contributed by atoms with Crippen LogP contribution in [0.25, 0.3) is 0 Å². The molecular formula is C12H22N2O2. The number of rotatable bonds is 6. The lowest BCUT2D eigenvalue weighted by molar-refractivity contribution is -0.132. The zero-order valence-corrected chi connectivity index (χ0v) is 10.2. The second-order valence-corrected chi connectivity index (χ2v) is 4.13. The normalized spacial score (nSPS) is 24.4. The van der Waals surface area contributed by atoms with Crippen molar-refractivity contribution in [2.45, 2.75) is 31.9 Å². The van der Waals surface area contributed by atoms with Gasteiger partial charge in [0, 0.05) is 26.7 Å². The maximum absolute atomic E-state index is 12.1. The molecule has 2 atom stereocenters. The van der Waals surface area contributed by atoms with Gasteiger partial charge in [-0.1, -0.05) is 13.0 Å². The second-order valence-electron chi connectivity index (χ2n) is 4.13. The predicted molar refractivity (Wildman–Crippen MR) is 64.3 cm³/mol. The highest BCUT2D eigenvalue weighted by molar-refractivity contribution is 5.82. The van der Waals surface area contributed by atoms with Gasteiger partial charge in [0.05, 0.1) is 12.1 Å². The Morgan fingerprint density at radius 1 is 1.69 bits per heavy atom. The van der Waals surface area contributed by atoms with Crippen molar-refractivity contribution in [2.75, 3.05) is 26.7 Å². The average molecular weight is 226 g/mol. The Kier molecular flexibility index (Phi) is 5.49. The van der Waals surface area contributed by atoms with Crippen molar-refractivity contribution in [3.8, 4) is 0 Å². The number of methoxy groups -OCH3 is 1. The minimum Gasteiger partial charge on any atom is -0.380 e. The molecule has 1 aliphatic rings. The third kappa shape index (κ3) is 3.32. The van der Waals surface area contributed by atoms with E-state index in [0.29, 0.717) is 6.54 Å². The van der Waals surface area contributed by atoms with E-state index in [9.17, 15) is 4.79 Å². The summed E-state index contributed by atoms with van der Waals surface area (Å²) in [6.07, 6.45) is 3.68. The summed E-state index contributed by atoms with van der Waals surface area (Å²) < 4.78 is 5.24. The Morgan fingerprint density at radius 2 is 2.44 bits per heavy atom. The number of carbonyl (C=O) groups excluding carboxylic acids is 1. The van der Waals surface area contributed by atoms with Crippen LogP contribution in [0.15, 0.2) is 12.7 Å². The molecule has 2 unspecified atom stereocenters. The zero-order valence-electron chi connectivity index (χ0n) is 10.2. The summed E-state index contributed by atoms with van der Waals surface area (Å²) in [6, 6.07) is -0.0866. The van der Waals surface area contributed by atoms with Crippen LogP contribution in [0, 0.1) is 0 Å². The molecule has 0 radical (unpaired) electrons. The van der Waals surface area contributed by atoms with E-state index in [4.69, 9.17) is 4.74 Å². The van der Waals surface area contributed by atoms with Gasteiger partial charge < -0.3 is 15.0 Å². The summed E-state index contributed by atoms with van der Waals surface area (Å²) in [5, 5.41) is 3.20. The van der Waals surface area contributed by atoms with Crippen LogP contribution < -0.4 is 5.32 Å². The molecule has 0 bridgehead atoms. The lowest BCUT2D eigenvalue weighted by Gasteiger charge is -2.23.